The molecule has 0 bridgehead atoms. The summed E-state index contributed by atoms with van der Waals surface area (Å²) in [6.45, 7) is 0. The minimum Gasteiger partial charge on any atom is -0.456 e. The van der Waals surface area contributed by atoms with Crippen molar-refractivity contribution in [2.24, 2.45) is 0 Å². The highest BCUT2D eigenvalue weighted by Gasteiger charge is 2.24. The topological polar surface area (TPSA) is 42.7 Å². The Morgan fingerprint density at radius 1 is 0.321 bits per heavy atom. The summed E-state index contributed by atoms with van der Waals surface area (Å²) < 4.78 is 19.6. The van der Waals surface area contributed by atoms with E-state index in [0.717, 1.165) is 111 Å². The van der Waals surface area contributed by atoms with Gasteiger partial charge in [0.1, 0.15) is 33.5 Å². The molecule has 0 atom stereocenters. The van der Waals surface area contributed by atoms with E-state index in [9.17, 15) is 0 Å². The average molecular weight is 718 g/mol. The maximum atomic E-state index is 6.90. The van der Waals surface area contributed by atoms with Gasteiger partial charge in [0.05, 0.1) is 16.8 Å². The first-order valence-electron chi connectivity index (χ1n) is 18.9. The molecule has 4 nitrogen and oxygen atoms in total. The molecule has 12 rings (SSSR count). The zero-order chi connectivity index (χ0) is 36.7. The summed E-state index contributed by atoms with van der Waals surface area (Å²) >= 11 is 0. The van der Waals surface area contributed by atoms with Gasteiger partial charge in [-0.2, -0.15) is 0 Å². The molecule has 0 unspecified atom stereocenters. The number of furan rings is 3. The van der Waals surface area contributed by atoms with E-state index in [1.54, 1.807) is 0 Å². The van der Waals surface area contributed by atoms with Crippen molar-refractivity contribution in [1.29, 1.82) is 0 Å². The lowest BCUT2D eigenvalue weighted by molar-refractivity contribution is 0.668. The van der Waals surface area contributed by atoms with E-state index in [1.165, 1.54) is 5.39 Å². The highest BCUT2D eigenvalue weighted by molar-refractivity contribution is 6.19. The van der Waals surface area contributed by atoms with Gasteiger partial charge in [0, 0.05) is 49.6 Å². The molecule has 0 aliphatic rings. The highest BCUT2D eigenvalue weighted by Crippen LogP contribution is 2.48. The minimum atomic E-state index is 0.836. The normalized spacial score (nSPS) is 11.9. The van der Waals surface area contributed by atoms with Crippen LogP contribution in [0.5, 0.6) is 0 Å². The van der Waals surface area contributed by atoms with Crippen molar-refractivity contribution in [2.75, 3.05) is 4.90 Å². The molecular formula is C52H31NO3. The molecule has 0 amide bonds. The lowest BCUT2D eigenvalue weighted by atomic mass is 9.94. The predicted octanol–water partition coefficient (Wildman–Crippen LogP) is 15.3. The number of nitrogens with zero attached hydrogens (tertiary/aromatic N) is 1. The Morgan fingerprint density at radius 2 is 0.911 bits per heavy atom. The number of hydrogen-bond acceptors (Lipinski definition) is 4. The SMILES string of the molecule is c1cc(-c2ccc(N(c3ccc4c(c3)oc3ccccc34)c3cccc4ccccc34)c3c2oc2ccccc23)cc(-c2cccc3oc4ccccc4c23)c1. The fourth-order valence-electron chi connectivity index (χ4n) is 8.76. The monoisotopic (exact) mass is 717 g/mol. The molecule has 3 heterocycles. The molecule has 0 spiro atoms. The lowest BCUT2D eigenvalue weighted by Gasteiger charge is -2.28. The Kier molecular flexibility index (Phi) is 6.60. The van der Waals surface area contributed by atoms with Crippen LogP contribution in [0.2, 0.25) is 0 Å². The Bertz CT molecular complexity index is 3500. The van der Waals surface area contributed by atoms with Crippen LogP contribution in [-0.2, 0) is 0 Å². The van der Waals surface area contributed by atoms with Crippen LogP contribution < -0.4 is 4.90 Å². The van der Waals surface area contributed by atoms with Gasteiger partial charge in [0.25, 0.3) is 0 Å². The van der Waals surface area contributed by atoms with Gasteiger partial charge in [-0.25, -0.2) is 0 Å². The maximum Gasteiger partial charge on any atom is 0.145 e. The summed E-state index contributed by atoms with van der Waals surface area (Å²) in [6.07, 6.45) is 0. The zero-order valence-electron chi connectivity index (χ0n) is 30.1. The molecule has 9 aromatic carbocycles. The molecule has 0 aliphatic heterocycles. The standard InChI is InChI=1S/C52H31NO3/c1-2-16-36-32(12-1)13-10-21-43(36)53(35-26-27-40-39-17-3-6-22-45(39)55-49(40)31-35)44-29-28-38(52-51(44)42-19-5-8-24-47(42)56-52)34-15-9-14-33(30-34)37-20-11-25-48-50(37)41-18-4-7-23-46(41)54-48/h1-31H. The number of benzene rings is 9. The van der Waals surface area contributed by atoms with Crippen LogP contribution in [0.4, 0.5) is 17.1 Å². The van der Waals surface area contributed by atoms with Crippen LogP contribution in [0.3, 0.4) is 0 Å². The van der Waals surface area contributed by atoms with Gasteiger partial charge < -0.3 is 18.2 Å². The van der Waals surface area contributed by atoms with Gasteiger partial charge in [0.15, 0.2) is 0 Å². The number of rotatable bonds is 5. The van der Waals surface area contributed by atoms with Gasteiger partial charge in [-0.05, 0) is 82.7 Å². The third-order valence-electron chi connectivity index (χ3n) is 11.3. The van der Waals surface area contributed by atoms with Crippen LogP contribution >= 0.6 is 0 Å². The number of hydrogen-bond donors (Lipinski definition) is 0. The Hall–Kier alpha value is -7.56. The molecule has 0 radical (unpaired) electrons. The molecule has 4 heteroatoms. The van der Waals surface area contributed by atoms with Crippen LogP contribution in [0.15, 0.2) is 201 Å². The minimum absolute atomic E-state index is 0.836. The van der Waals surface area contributed by atoms with Crippen LogP contribution in [0, 0.1) is 0 Å². The van der Waals surface area contributed by atoms with Crippen molar-refractivity contribution in [3.63, 3.8) is 0 Å². The van der Waals surface area contributed by atoms with E-state index in [-0.39, 0.29) is 0 Å². The molecule has 0 saturated heterocycles. The van der Waals surface area contributed by atoms with Gasteiger partial charge in [0.2, 0.25) is 0 Å². The second-order valence-electron chi connectivity index (χ2n) is 14.4. The summed E-state index contributed by atoms with van der Waals surface area (Å²) in [7, 11) is 0. The molecular weight excluding hydrogens is 687 g/mol. The summed E-state index contributed by atoms with van der Waals surface area (Å²) in [4.78, 5) is 2.37. The van der Waals surface area contributed by atoms with E-state index >= 15 is 0 Å². The molecule has 0 saturated carbocycles. The lowest BCUT2D eigenvalue weighted by Crippen LogP contribution is -2.11. The zero-order valence-corrected chi connectivity index (χ0v) is 30.1. The smallest absolute Gasteiger partial charge is 0.145 e. The van der Waals surface area contributed by atoms with Crippen molar-refractivity contribution in [3.8, 4) is 22.3 Å². The average Bonchev–Trinajstić information content (AvgIpc) is 3.95. The predicted molar refractivity (Wildman–Crippen MR) is 231 cm³/mol. The first-order chi connectivity index (χ1) is 27.8. The summed E-state index contributed by atoms with van der Waals surface area (Å²) in [6, 6.07) is 66.0. The fourth-order valence-corrected chi connectivity index (χ4v) is 8.76. The third-order valence-corrected chi connectivity index (χ3v) is 11.3. The Morgan fingerprint density at radius 3 is 1.75 bits per heavy atom. The Labute approximate surface area is 321 Å². The van der Waals surface area contributed by atoms with Crippen molar-refractivity contribution in [2.45, 2.75) is 0 Å². The van der Waals surface area contributed by atoms with Crippen LogP contribution in [0.1, 0.15) is 0 Å². The van der Waals surface area contributed by atoms with Crippen LogP contribution in [-0.4, -0.2) is 0 Å². The number of fused-ring (bicyclic) bond motifs is 10. The van der Waals surface area contributed by atoms with Crippen molar-refractivity contribution >= 4 is 93.7 Å². The second kappa shape index (κ2) is 12.0. The van der Waals surface area contributed by atoms with Gasteiger partial charge in [-0.15, -0.1) is 0 Å². The van der Waals surface area contributed by atoms with E-state index < -0.39 is 0 Å². The largest absolute Gasteiger partial charge is 0.456 e. The fraction of sp³-hybridized carbons (Fsp3) is 0. The van der Waals surface area contributed by atoms with Crippen LogP contribution in [0.25, 0.3) is 98.8 Å². The molecule has 0 fully saturated rings. The third kappa shape index (κ3) is 4.60. The summed E-state index contributed by atoms with van der Waals surface area (Å²) in [5.74, 6) is 0. The molecule has 56 heavy (non-hydrogen) atoms. The Balaban J connectivity index is 1.11. The number of anilines is 3. The maximum absolute atomic E-state index is 6.90. The first kappa shape index (κ1) is 30.9. The molecule has 0 N–H and O–H groups in total. The van der Waals surface area contributed by atoms with Crippen molar-refractivity contribution < 1.29 is 13.3 Å². The van der Waals surface area contributed by atoms with Gasteiger partial charge in [-0.1, -0.05) is 121 Å². The van der Waals surface area contributed by atoms with E-state index in [0.29, 0.717) is 0 Å². The van der Waals surface area contributed by atoms with E-state index in [2.05, 4.69) is 157 Å². The second-order valence-corrected chi connectivity index (χ2v) is 14.4. The van der Waals surface area contributed by atoms with E-state index in [1.807, 2.05) is 36.4 Å². The first-order valence-corrected chi connectivity index (χ1v) is 18.9. The quantitative estimate of drug-likeness (QED) is 0.178. The highest BCUT2D eigenvalue weighted by atomic mass is 16.3. The summed E-state index contributed by atoms with van der Waals surface area (Å²) in [5, 5.41) is 8.86. The van der Waals surface area contributed by atoms with E-state index in [4.69, 9.17) is 13.3 Å². The van der Waals surface area contributed by atoms with Gasteiger partial charge >= 0.3 is 0 Å². The van der Waals surface area contributed by atoms with Gasteiger partial charge in [-0.3, -0.25) is 0 Å². The number of para-hydroxylation sites is 3. The molecule has 12 aromatic rings. The van der Waals surface area contributed by atoms with Crippen molar-refractivity contribution in [3.05, 3.63) is 188 Å². The summed E-state index contributed by atoms with van der Waals surface area (Å²) in [5.41, 5.74) is 12.6. The molecule has 262 valence electrons. The molecule has 3 aromatic heterocycles. The van der Waals surface area contributed by atoms with Crippen molar-refractivity contribution in [1.82, 2.24) is 0 Å². The molecule has 0 aliphatic carbocycles.